The lowest BCUT2D eigenvalue weighted by Crippen LogP contribution is -2.50. The Balaban J connectivity index is 1.41. The zero-order valence-electron chi connectivity index (χ0n) is 21.2. The number of hydrogen-bond donors (Lipinski definition) is 2. The monoisotopic (exact) mass is 521 g/mol. The molecular weight excluding hydrogens is 490 g/mol. The Bertz CT molecular complexity index is 1300. The molecule has 1 aliphatic heterocycles. The number of nitrogens with zero attached hydrogens (tertiary/aromatic N) is 4. The van der Waals surface area contributed by atoms with Gasteiger partial charge >= 0.3 is 0 Å². The maximum Gasteiger partial charge on any atom is 0.271 e. The molecule has 37 heavy (non-hydrogen) atoms. The molecule has 0 radical (unpaired) electrons. The highest BCUT2D eigenvalue weighted by Gasteiger charge is 2.21. The fraction of sp³-hybridized carbons (Fsp3) is 0.321. The lowest BCUT2D eigenvalue weighted by atomic mass is 9.97. The molecule has 0 aromatic heterocycles. The summed E-state index contributed by atoms with van der Waals surface area (Å²) >= 11 is 5.88. The van der Waals surface area contributed by atoms with Crippen LogP contribution in [0.1, 0.15) is 21.5 Å². The van der Waals surface area contributed by atoms with Gasteiger partial charge in [-0.05, 0) is 48.6 Å². The van der Waals surface area contributed by atoms with Crippen LogP contribution in [0, 0.1) is 0 Å². The van der Waals surface area contributed by atoms with Gasteiger partial charge < -0.3 is 14.9 Å². The summed E-state index contributed by atoms with van der Waals surface area (Å²) in [5.41, 5.74) is 4.57. The molecule has 0 saturated carbocycles. The molecule has 2 N–H and O–H groups in total. The van der Waals surface area contributed by atoms with Gasteiger partial charge in [-0.15, -0.1) is 0 Å². The van der Waals surface area contributed by atoms with Crippen LogP contribution < -0.4 is 5.43 Å². The summed E-state index contributed by atoms with van der Waals surface area (Å²) in [7, 11) is 4.15. The van der Waals surface area contributed by atoms with Gasteiger partial charge in [-0.3, -0.25) is 14.5 Å². The van der Waals surface area contributed by atoms with E-state index < -0.39 is 5.91 Å². The molecule has 194 valence electrons. The molecule has 1 aliphatic rings. The highest BCUT2D eigenvalue weighted by molar-refractivity contribution is 6.32. The Morgan fingerprint density at radius 2 is 1.78 bits per heavy atom. The molecule has 2 amide bonds. The highest BCUT2D eigenvalue weighted by Crippen LogP contribution is 2.24. The third-order valence-corrected chi connectivity index (χ3v) is 6.86. The smallest absolute Gasteiger partial charge is 0.271 e. The first-order valence-corrected chi connectivity index (χ1v) is 12.7. The Kier molecular flexibility index (Phi) is 8.76. The predicted molar refractivity (Wildman–Crippen MR) is 147 cm³/mol. The van der Waals surface area contributed by atoms with Crippen LogP contribution in [0.4, 0.5) is 0 Å². The third kappa shape index (κ3) is 6.85. The van der Waals surface area contributed by atoms with Crippen molar-refractivity contribution in [1.29, 1.82) is 0 Å². The highest BCUT2D eigenvalue weighted by atomic mass is 35.5. The summed E-state index contributed by atoms with van der Waals surface area (Å²) in [5, 5.41) is 15.7. The number of amides is 2. The maximum atomic E-state index is 13.1. The maximum absolute atomic E-state index is 13.1. The van der Waals surface area contributed by atoms with Crippen LogP contribution >= 0.6 is 11.6 Å². The summed E-state index contributed by atoms with van der Waals surface area (Å²) in [6.07, 6.45) is 1.93. The average molecular weight is 522 g/mol. The first kappa shape index (κ1) is 26.6. The fourth-order valence-electron chi connectivity index (χ4n) is 4.36. The van der Waals surface area contributed by atoms with Gasteiger partial charge in [-0.1, -0.05) is 48.0 Å². The summed E-state index contributed by atoms with van der Waals surface area (Å²) in [5.74, 6) is -0.390. The lowest BCUT2D eigenvalue weighted by molar-refractivity contribution is -0.132. The molecule has 1 saturated heterocycles. The molecule has 0 spiro atoms. The van der Waals surface area contributed by atoms with Crippen LogP contribution in [-0.2, 0) is 11.2 Å². The van der Waals surface area contributed by atoms with Crippen LogP contribution in [0.2, 0.25) is 5.02 Å². The number of likely N-dealkylation sites (N-methyl/N-ethyl adjacent to an activating group) is 1. The lowest BCUT2D eigenvalue weighted by Gasteiger charge is -2.35. The van der Waals surface area contributed by atoms with Crippen molar-refractivity contribution in [3.05, 3.63) is 76.3 Å². The second-order valence-corrected chi connectivity index (χ2v) is 9.83. The summed E-state index contributed by atoms with van der Waals surface area (Å²) in [6.45, 7) is 5.34. The number of fused-ring (bicyclic) bond motifs is 1. The Morgan fingerprint density at radius 3 is 2.49 bits per heavy atom. The van der Waals surface area contributed by atoms with Gasteiger partial charge in [-0.25, -0.2) is 5.43 Å². The van der Waals surface area contributed by atoms with E-state index in [4.69, 9.17) is 11.6 Å². The van der Waals surface area contributed by atoms with Crippen molar-refractivity contribution in [1.82, 2.24) is 20.1 Å². The normalized spacial score (nSPS) is 14.5. The Labute approximate surface area is 222 Å². The summed E-state index contributed by atoms with van der Waals surface area (Å²) in [6, 6.07) is 16.0. The molecule has 0 atom stereocenters. The molecule has 0 aliphatic carbocycles. The molecule has 1 fully saturated rings. The van der Waals surface area contributed by atoms with Crippen LogP contribution in [0.25, 0.3) is 10.8 Å². The number of hydrogen-bond acceptors (Lipinski definition) is 6. The molecule has 1 heterocycles. The Morgan fingerprint density at radius 1 is 1.05 bits per heavy atom. The van der Waals surface area contributed by atoms with Gasteiger partial charge in [-0.2, -0.15) is 5.10 Å². The largest absolute Gasteiger partial charge is 0.506 e. The van der Waals surface area contributed by atoms with E-state index >= 15 is 0 Å². The van der Waals surface area contributed by atoms with Crippen molar-refractivity contribution < 1.29 is 14.7 Å². The number of piperazine rings is 1. The van der Waals surface area contributed by atoms with E-state index in [-0.39, 0.29) is 22.2 Å². The van der Waals surface area contributed by atoms with Crippen LogP contribution in [0.3, 0.4) is 0 Å². The molecule has 3 aromatic carbocycles. The molecule has 3 aromatic rings. The van der Waals surface area contributed by atoms with Crippen LogP contribution in [-0.4, -0.2) is 91.2 Å². The van der Waals surface area contributed by atoms with Crippen molar-refractivity contribution in [2.24, 2.45) is 5.10 Å². The molecule has 9 heteroatoms. The van der Waals surface area contributed by atoms with Gasteiger partial charge in [0.25, 0.3) is 5.91 Å². The van der Waals surface area contributed by atoms with Crippen LogP contribution in [0.5, 0.6) is 5.75 Å². The SMILES string of the molecule is CN(C)CCN1CCN(C(=O)Cc2ccc(C=NNC(=O)c3ccc(O)c(Cl)c3)c3ccccc23)CC1. The number of nitrogens with one attached hydrogen (secondary N) is 1. The number of rotatable bonds is 8. The van der Waals surface area contributed by atoms with Gasteiger partial charge in [0.05, 0.1) is 17.7 Å². The molecule has 0 unspecified atom stereocenters. The van der Waals surface area contributed by atoms with Crippen LogP contribution in [0.15, 0.2) is 59.7 Å². The number of carbonyl (C=O) groups is 2. The number of phenols is 1. The van der Waals surface area contributed by atoms with Crippen molar-refractivity contribution in [3.8, 4) is 5.75 Å². The van der Waals surface area contributed by atoms with Crippen molar-refractivity contribution in [2.75, 3.05) is 53.4 Å². The van der Waals surface area contributed by atoms with E-state index in [0.717, 1.165) is 61.2 Å². The van der Waals surface area contributed by atoms with Crippen molar-refractivity contribution >= 4 is 40.4 Å². The summed E-state index contributed by atoms with van der Waals surface area (Å²) in [4.78, 5) is 32.0. The molecule has 4 rings (SSSR count). The van der Waals surface area contributed by atoms with Gasteiger partial charge in [0.2, 0.25) is 5.91 Å². The second kappa shape index (κ2) is 12.2. The summed E-state index contributed by atoms with van der Waals surface area (Å²) < 4.78 is 0. The van der Waals surface area contributed by atoms with Crippen molar-refractivity contribution in [2.45, 2.75) is 6.42 Å². The number of benzene rings is 3. The number of hydrazone groups is 1. The predicted octanol–water partition coefficient (Wildman–Crippen LogP) is 3.21. The molecular formula is C28H32ClN5O3. The number of carbonyl (C=O) groups excluding carboxylic acids is 2. The van der Waals surface area contributed by atoms with Gasteiger partial charge in [0, 0.05) is 50.4 Å². The van der Waals surface area contributed by atoms with E-state index in [1.807, 2.05) is 41.3 Å². The first-order valence-electron chi connectivity index (χ1n) is 12.3. The topological polar surface area (TPSA) is 88.5 Å². The van der Waals surface area contributed by atoms with Gasteiger partial charge in [0.1, 0.15) is 5.75 Å². The first-order chi connectivity index (χ1) is 17.8. The van der Waals surface area contributed by atoms with E-state index in [1.54, 1.807) is 6.21 Å². The zero-order valence-corrected chi connectivity index (χ0v) is 21.9. The van der Waals surface area contributed by atoms with E-state index in [0.29, 0.717) is 6.42 Å². The number of phenolic OH excluding ortho intramolecular Hbond substituents is 1. The average Bonchev–Trinajstić information content (AvgIpc) is 2.90. The van der Waals surface area contributed by atoms with E-state index in [1.165, 1.54) is 18.2 Å². The Hall–Kier alpha value is -3.46. The third-order valence-electron chi connectivity index (χ3n) is 6.56. The minimum Gasteiger partial charge on any atom is -0.506 e. The van der Waals surface area contributed by atoms with Gasteiger partial charge in [0.15, 0.2) is 0 Å². The number of halogens is 1. The zero-order chi connectivity index (χ0) is 26.4. The fourth-order valence-corrected chi connectivity index (χ4v) is 4.54. The standard InChI is InChI=1S/C28H32ClN5O3/c1-32(2)11-12-33-13-15-34(16-14-33)27(36)18-20-7-8-22(24-6-4-3-5-23(20)24)19-30-31-28(37)21-9-10-26(35)25(29)17-21/h3-10,17,19,35H,11-16,18H2,1-2H3,(H,31,37). The molecule has 8 nitrogen and oxygen atoms in total. The number of aromatic hydroxyl groups is 1. The quantitative estimate of drug-likeness (QED) is 0.351. The second-order valence-electron chi connectivity index (χ2n) is 9.43. The molecule has 0 bridgehead atoms. The van der Waals surface area contributed by atoms with Crippen molar-refractivity contribution in [3.63, 3.8) is 0 Å². The minimum atomic E-state index is -0.438. The van der Waals surface area contributed by atoms with E-state index in [9.17, 15) is 14.7 Å². The van der Waals surface area contributed by atoms with E-state index in [2.05, 4.69) is 34.4 Å². The minimum absolute atomic E-state index is 0.0889.